The zero-order valence-corrected chi connectivity index (χ0v) is 15.7. The quantitative estimate of drug-likeness (QED) is 0.717. The molecule has 1 aliphatic carbocycles. The molecule has 1 saturated heterocycles. The first-order chi connectivity index (χ1) is 12.5. The lowest BCUT2D eigenvalue weighted by Gasteiger charge is -2.34. The van der Waals surface area contributed by atoms with Crippen molar-refractivity contribution in [3.05, 3.63) is 23.8 Å². The summed E-state index contributed by atoms with van der Waals surface area (Å²) in [6.45, 7) is 6.76. The van der Waals surface area contributed by atoms with E-state index < -0.39 is 0 Å². The van der Waals surface area contributed by atoms with Gasteiger partial charge in [0.2, 0.25) is 5.91 Å². The molecule has 0 unspecified atom stereocenters. The summed E-state index contributed by atoms with van der Waals surface area (Å²) in [4.78, 5) is 28.4. The van der Waals surface area contributed by atoms with Crippen molar-refractivity contribution < 1.29 is 9.59 Å². The predicted octanol–water partition coefficient (Wildman–Crippen LogP) is 1.39. The molecule has 1 heterocycles. The number of amides is 3. The van der Waals surface area contributed by atoms with E-state index >= 15 is 0 Å². The Morgan fingerprint density at radius 2 is 1.81 bits per heavy atom. The summed E-state index contributed by atoms with van der Waals surface area (Å²) in [5, 5.41) is 8.29. The van der Waals surface area contributed by atoms with E-state index in [-0.39, 0.29) is 18.5 Å². The number of urea groups is 1. The summed E-state index contributed by atoms with van der Waals surface area (Å²) in [6.07, 6.45) is 2.38. The van der Waals surface area contributed by atoms with E-state index in [0.717, 1.165) is 43.1 Å². The fourth-order valence-corrected chi connectivity index (χ4v) is 3.06. The summed E-state index contributed by atoms with van der Waals surface area (Å²) in [6, 6.07) is 5.71. The number of piperazine rings is 1. The SMILES string of the molecule is Cc1cc(NC(=O)NCC(=O)NCC2CC2)cc(N2CCN(C)CC2)c1. The number of anilines is 2. The molecule has 2 aliphatic rings. The third-order valence-electron chi connectivity index (χ3n) is 4.88. The Morgan fingerprint density at radius 3 is 2.50 bits per heavy atom. The van der Waals surface area contributed by atoms with Crippen LogP contribution in [0.1, 0.15) is 18.4 Å². The summed E-state index contributed by atoms with van der Waals surface area (Å²) in [5.74, 6) is 0.488. The molecule has 3 N–H and O–H groups in total. The number of hydrogen-bond acceptors (Lipinski definition) is 4. The van der Waals surface area contributed by atoms with Crippen molar-refractivity contribution in [1.29, 1.82) is 0 Å². The Labute approximate surface area is 155 Å². The molecule has 1 saturated carbocycles. The zero-order chi connectivity index (χ0) is 18.5. The molecule has 0 aromatic heterocycles. The average molecular weight is 359 g/mol. The third kappa shape index (κ3) is 5.62. The van der Waals surface area contributed by atoms with Crippen molar-refractivity contribution in [2.45, 2.75) is 19.8 Å². The van der Waals surface area contributed by atoms with Gasteiger partial charge in [0.1, 0.15) is 0 Å². The second-order valence-corrected chi connectivity index (χ2v) is 7.40. The van der Waals surface area contributed by atoms with Gasteiger partial charge in [-0.05, 0) is 56.5 Å². The highest BCUT2D eigenvalue weighted by Crippen LogP contribution is 2.27. The Bertz CT molecular complexity index is 651. The number of carbonyl (C=O) groups excluding carboxylic acids is 2. The zero-order valence-electron chi connectivity index (χ0n) is 15.7. The minimum atomic E-state index is -0.360. The molecule has 0 bridgehead atoms. The highest BCUT2D eigenvalue weighted by Gasteiger charge is 2.21. The first kappa shape index (κ1) is 18.5. The van der Waals surface area contributed by atoms with E-state index in [1.54, 1.807) is 0 Å². The van der Waals surface area contributed by atoms with Crippen molar-refractivity contribution in [3.63, 3.8) is 0 Å². The van der Waals surface area contributed by atoms with Gasteiger partial charge >= 0.3 is 6.03 Å². The predicted molar refractivity (Wildman–Crippen MR) is 104 cm³/mol. The van der Waals surface area contributed by atoms with Crippen LogP contribution in [-0.4, -0.2) is 63.2 Å². The van der Waals surface area contributed by atoms with Crippen LogP contribution in [0.5, 0.6) is 0 Å². The number of nitrogens with one attached hydrogen (secondary N) is 3. The topological polar surface area (TPSA) is 76.7 Å². The third-order valence-corrected chi connectivity index (χ3v) is 4.88. The molecule has 0 atom stereocenters. The first-order valence-electron chi connectivity index (χ1n) is 9.36. The molecule has 1 aromatic rings. The van der Waals surface area contributed by atoms with Gasteiger partial charge in [-0.25, -0.2) is 4.79 Å². The van der Waals surface area contributed by atoms with Crippen LogP contribution < -0.4 is 20.9 Å². The van der Waals surface area contributed by atoms with E-state index in [2.05, 4.69) is 38.9 Å². The van der Waals surface area contributed by atoms with E-state index in [4.69, 9.17) is 0 Å². The lowest BCUT2D eigenvalue weighted by atomic mass is 10.1. The van der Waals surface area contributed by atoms with Gasteiger partial charge in [0, 0.05) is 44.1 Å². The highest BCUT2D eigenvalue weighted by molar-refractivity contribution is 5.92. The molecular formula is C19H29N5O2. The Kier molecular flexibility index (Phi) is 5.98. The molecule has 3 rings (SSSR count). The summed E-state index contributed by atoms with van der Waals surface area (Å²) >= 11 is 0. The summed E-state index contributed by atoms with van der Waals surface area (Å²) in [5.41, 5.74) is 2.96. The van der Waals surface area contributed by atoms with Crippen LogP contribution in [0.15, 0.2) is 18.2 Å². The number of hydrogen-bond donors (Lipinski definition) is 3. The number of rotatable bonds is 6. The summed E-state index contributed by atoms with van der Waals surface area (Å²) in [7, 11) is 2.13. The lowest BCUT2D eigenvalue weighted by Crippen LogP contribution is -2.44. The van der Waals surface area contributed by atoms with Gasteiger partial charge in [-0.2, -0.15) is 0 Å². The smallest absolute Gasteiger partial charge is 0.319 e. The van der Waals surface area contributed by atoms with Gasteiger partial charge in [0.05, 0.1) is 6.54 Å². The number of nitrogens with zero attached hydrogens (tertiary/aromatic N) is 2. The lowest BCUT2D eigenvalue weighted by molar-refractivity contribution is -0.120. The molecule has 0 radical (unpaired) electrons. The average Bonchev–Trinajstić information content (AvgIpc) is 3.42. The fraction of sp³-hybridized carbons (Fsp3) is 0.579. The van der Waals surface area contributed by atoms with Crippen molar-refractivity contribution in [2.24, 2.45) is 5.92 Å². The van der Waals surface area contributed by atoms with Gasteiger partial charge in [-0.15, -0.1) is 0 Å². The van der Waals surface area contributed by atoms with Crippen LogP contribution >= 0.6 is 0 Å². The monoisotopic (exact) mass is 359 g/mol. The molecule has 26 heavy (non-hydrogen) atoms. The number of benzene rings is 1. The highest BCUT2D eigenvalue weighted by atomic mass is 16.2. The number of carbonyl (C=O) groups is 2. The van der Waals surface area contributed by atoms with Gasteiger partial charge in [-0.1, -0.05) is 0 Å². The van der Waals surface area contributed by atoms with Gasteiger partial charge in [0.25, 0.3) is 0 Å². The van der Waals surface area contributed by atoms with Crippen LogP contribution in [0.2, 0.25) is 0 Å². The maximum absolute atomic E-state index is 12.1. The minimum absolute atomic E-state index is 0.00428. The minimum Gasteiger partial charge on any atom is -0.369 e. The largest absolute Gasteiger partial charge is 0.369 e. The van der Waals surface area contributed by atoms with Crippen molar-refractivity contribution in [3.8, 4) is 0 Å². The normalized spacial score (nSPS) is 17.7. The fourth-order valence-electron chi connectivity index (χ4n) is 3.06. The van der Waals surface area contributed by atoms with E-state index in [1.165, 1.54) is 12.8 Å². The standard InChI is InChI=1S/C19H29N5O2/c1-14-9-16(11-17(10-14)24-7-5-23(2)6-8-24)22-19(26)21-13-18(25)20-12-15-3-4-15/h9-11,15H,3-8,12-13H2,1-2H3,(H,20,25)(H2,21,22,26). The molecule has 0 spiro atoms. The maximum Gasteiger partial charge on any atom is 0.319 e. The molecule has 2 fully saturated rings. The molecule has 7 nitrogen and oxygen atoms in total. The van der Waals surface area contributed by atoms with Crippen LogP contribution in [0.25, 0.3) is 0 Å². The van der Waals surface area contributed by atoms with Crippen molar-refractivity contribution >= 4 is 23.3 Å². The molecular weight excluding hydrogens is 330 g/mol. The number of aryl methyl sites for hydroxylation is 1. The summed E-state index contributed by atoms with van der Waals surface area (Å²) < 4.78 is 0. The Morgan fingerprint density at radius 1 is 1.08 bits per heavy atom. The van der Waals surface area contributed by atoms with Gasteiger partial charge in [-0.3, -0.25) is 4.79 Å². The molecule has 142 valence electrons. The Hall–Kier alpha value is -2.28. The van der Waals surface area contributed by atoms with Crippen molar-refractivity contribution in [1.82, 2.24) is 15.5 Å². The van der Waals surface area contributed by atoms with E-state index in [1.807, 2.05) is 19.1 Å². The van der Waals surface area contributed by atoms with Crippen molar-refractivity contribution in [2.75, 3.05) is 56.5 Å². The Balaban J connectivity index is 1.50. The maximum atomic E-state index is 12.1. The second-order valence-electron chi connectivity index (χ2n) is 7.40. The van der Waals surface area contributed by atoms with E-state index in [9.17, 15) is 9.59 Å². The van der Waals surface area contributed by atoms with E-state index in [0.29, 0.717) is 12.5 Å². The second kappa shape index (κ2) is 8.40. The van der Waals surface area contributed by atoms with Crippen LogP contribution in [0, 0.1) is 12.8 Å². The molecule has 1 aliphatic heterocycles. The molecule has 3 amide bonds. The number of likely N-dealkylation sites (N-methyl/N-ethyl adjacent to an activating group) is 1. The van der Waals surface area contributed by atoms with Gasteiger partial charge < -0.3 is 25.8 Å². The molecule has 7 heteroatoms. The first-order valence-corrected chi connectivity index (χ1v) is 9.36. The van der Waals surface area contributed by atoms with Crippen LogP contribution in [0.4, 0.5) is 16.2 Å². The molecule has 1 aromatic carbocycles. The van der Waals surface area contributed by atoms with Crippen LogP contribution in [-0.2, 0) is 4.79 Å². The van der Waals surface area contributed by atoms with Crippen LogP contribution in [0.3, 0.4) is 0 Å². The van der Waals surface area contributed by atoms with Gasteiger partial charge in [0.15, 0.2) is 0 Å².